The highest BCUT2D eigenvalue weighted by Crippen LogP contribution is 2.29. The molecule has 0 radical (unpaired) electrons. The zero-order valence-corrected chi connectivity index (χ0v) is 12.6. The van der Waals surface area contributed by atoms with Gasteiger partial charge in [-0.05, 0) is 37.8 Å². The molecule has 0 aliphatic heterocycles. The fraction of sp³-hybridized carbons (Fsp3) is 0.471. The summed E-state index contributed by atoms with van der Waals surface area (Å²) in [6, 6.07) is 9.96. The molecule has 0 amide bonds. The second-order valence-electron chi connectivity index (χ2n) is 6.00. The Morgan fingerprint density at radius 2 is 1.63 bits per heavy atom. The molecule has 0 aromatic heterocycles. The normalized spacial score (nSPS) is 14.6. The van der Waals surface area contributed by atoms with Crippen molar-refractivity contribution >= 4 is 11.5 Å². The fourth-order valence-corrected chi connectivity index (χ4v) is 1.82. The van der Waals surface area contributed by atoms with Gasteiger partial charge in [0.25, 0.3) is 0 Å². The Morgan fingerprint density at radius 1 is 1.11 bits per heavy atom. The van der Waals surface area contributed by atoms with Gasteiger partial charge in [-0.3, -0.25) is 4.79 Å². The summed E-state index contributed by atoms with van der Waals surface area (Å²) in [5.74, 6) is -0.318. The predicted molar refractivity (Wildman–Crippen MR) is 79.6 cm³/mol. The largest absolute Gasteiger partial charge is 0.460 e. The summed E-state index contributed by atoms with van der Waals surface area (Å²) in [7, 11) is 0. The van der Waals surface area contributed by atoms with E-state index < -0.39 is 5.60 Å². The van der Waals surface area contributed by atoms with Gasteiger partial charge in [0.15, 0.2) is 0 Å². The molecule has 0 saturated heterocycles. The Labute approximate surface area is 116 Å². The van der Waals surface area contributed by atoms with Crippen LogP contribution in [0.25, 0.3) is 5.57 Å². The molecule has 0 saturated carbocycles. The minimum Gasteiger partial charge on any atom is -0.460 e. The molecule has 2 heteroatoms. The van der Waals surface area contributed by atoms with Crippen LogP contribution in [-0.4, -0.2) is 11.6 Å². The van der Waals surface area contributed by atoms with Crippen molar-refractivity contribution in [2.24, 2.45) is 11.8 Å². The Hall–Kier alpha value is -1.57. The molecule has 1 aromatic carbocycles. The number of rotatable bonds is 4. The van der Waals surface area contributed by atoms with Crippen LogP contribution < -0.4 is 0 Å². The number of ether oxygens (including phenoxy) is 1. The average molecular weight is 260 g/mol. The SMILES string of the molecule is C=C(c1ccccc1)[C@@H](C)[C@H](C)C(=O)OC(C)(C)C. The standard InChI is InChI=1S/C17H24O2/c1-12(13(2)15-10-8-7-9-11-15)14(3)16(18)19-17(4,5)6/h7-12,14H,2H2,1,3-6H3/t12-,14+/m1/s1. The first-order valence-corrected chi connectivity index (χ1v) is 6.69. The van der Waals surface area contributed by atoms with E-state index in [1.54, 1.807) is 0 Å². The lowest BCUT2D eigenvalue weighted by Crippen LogP contribution is -2.30. The summed E-state index contributed by atoms with van der Waals surface area (Å²) >= 11 is 0. The van der Waals surface area contributed by atoms with Crippen molar-refractivity contribution < 1.29 is 9.53 Å². The zero-order chi connectivity index (χ0) is 14.6. The number of allylic oxidation sites excluding steroid dienone is 1. The smallest absolute Gasteiger partial charge is 0.309 e. The van der Waals surface area contributed by atoms with Crippen molar-refractivity contribution in [3.8, 4) is 0 Å². The first-order valence-electron chi connectivity index (χ1n) is 6.69. The first-order chi connectivity index (χ1) is 8.72. The van der Waals surface area contributed by atoms with Gasteiger partial charge in [-0.15, -0.1) is 0 Å². The predicted octanol–water partition coefficient (Wildman–Crippen LogP) is 4.31. The van der Waals surface area contributed by atoms with Gasteiger partial charge in [0.1, 0.15) is 5.60 Å². The van der Waals surface area contributed by atoms with Gasteiger partial charge < -0.3 is 4.74 Å². The van der Waals surface area contributed by atoms with E-state index in [0.29, 0.717) is 0 Å². The highest BCUT2D eigenvalue weighted by atomic mass is 16.6. The van der Waals surface area contributed by atoms with Crippen molar-refractivity contribution in [2.75, 3.05) is 0 Å². The van der Waals surface area contributed by atoms with E-state index in [9.17, 15) is 4.79 Å². The summed E-state index contributed by atoms with van der Waals surface area (Å²) < 4.78 is 5.43. The third-order valence-electron chi connectivity index (χ3n) is 3.22. The van der Waals surface area contributed by atoms with Crippen LogP contribution in [0.15, 0.2) is 36.9 Å². The van der Waals surface area contributed by atoms with Crippen molar-refractivity contribution in [2.45, 2.75) is 40.2 Å². The second kappa shape index (κ2) is 6.05. The molecule has 1 rings (SSSR count). The number of hydrogen-bond donors (Lipinski definition) is 0. The highest BCUT2D eigenvalue weighted by molar-refractivity contribution is 5.77. The maximum absolute atomic E-state index is 12.1. The van der Waals surface area contributed by atoms with E-state index in [4.69, 9.17) is 4.74 Å². The van der Waals surface area contributed by atoms with E-state index in [2.05, 4.69) is 6.58 Å². The maximum atomic E-state index is 12.1. The van der Waals surface area contributed by atoms with E-state index in [0.717, 1.165) is 11.1 Å². The number of benzene rings is 1. The third-order valence-corrected chi connectivity index (χ3v) is 3.22. The van der Waals surface area contributed by atoms with Gasteiger partial charge in [-0.25, -0.2) is 0 Å². The summed E-state index contributed by atoms with van der Waals surface area (Å²) in [6.45, 7) is 13.7. The minimum absolute atomic E-state index is 0.0530. The molecular weight excluding hydrogens is 236 g/mol. The molecule has 0 unspecified atom stereocenters. The quantitative estimate of drug-likeness (QED) is 0.754. The molecular formula is C17H24O2. The van der Waals surface area contributed by atoms with Crippen LogP contribution in [-0.2, 0) is 9.53 Å². The van der Waals surface area contributed by atoms with Crippen LogP contribution in [0.2, 0.25) is 0 Å². The second-order valence-corrected chi connectivity index (χ2v) is 6.00. The number of carbonyl (C=O) groups excluding carboxylic acids is 1. The van der Waals surface area contributed by atoms with E-state index in [1.807, 2.05) is 65.0 Å². The van der Waals surface area contributed by atoms with Gasteiger partial charge >= 0.3 is 5.97 Å². The van der Waals surface area contributed by atoms with Crippen LogP contribution in [0.4, 0.5) is 0 Å². The lowest BCUT2D eigenvalue weighted by Gasteiger charge is -2.26. The molecule has 0 aliphatic rings. The summed E-state index contributed by atoms with van der Waals surface area (Å²) in [6.07, 6.45) is 0. The molecule has 1 aromatic rings. The van der Waals surface area contributed by atoms with Crippen LogP contribution in [0.5, 0.6) is 0 Å². The number of esters is 1. The van der Waals surface area contributed by atoms with Crippen LogP contribution in [0, 0.1) is 11.8 Å². The molecule has 0 heterocycles. The van der Waals surface area contributed by atoms with Gasteiger partial charge in [-0.2, -0.15) is 0 Å². The molecule has 0 fully saturated rings. The Balaban J connectivity index is 2.75. The Morgan fingerprint density at radius 3 is 2.11 bits per heavy atom. The van der Waals surface area contributed by atoms with E-state index in [-0.39, 0.29) is 17.8 Å². The van der Waals surface area contributed by atoms with Crippen LogP contribution in [0.1, 0.15) is 40.2 Å². The highest BCUT2D eigenvalue weighted by Gasteiger charge is 2.27. The Bertz CT molecular complexity index is 440. The third kappa shape index (κ3) is 4.55. The van der Waals surface area contributed by atoms with Gasteiger partial charge in [-0.1, -0.05) is 50.8 Å². The molecule has 104 valence electrons. The van der Waals surface area contributed by atoms with E-state index in [1.165, 1.54) is 0 Å². The molecule has 19 heavy (non-hydrogen) atoms. The van der Waals surface area contributed by atoms with Crippen LogP contribution in [0.3, 0.4) is 0 Å². The van der Waals surface area contributed by atoms with Gasteiger partial charge in [0.2, 0.25) is 0 Å². The average Bonchev–Trinajstić information content (AvgIpc) is 2.35. The lowest BCUT2D eigenvalue weighted by atomic mass is 9.85. The molecule has 2 atom stereocenters. The summed E-state index contributed by atoms with van der Waals surface area (Å²) in [5, 5.41) is 0. The summed E-state index contributed by atoms with van der Waals surface area (Å²) in [4.78, 5) is 12.1. The van der Waals surface area contributed by atoms with E-state index >= 15 is 0 Å². The minimum atomic E-state index is -0.445. The van der Waals surface area contributed by atoms with Crippen molar-refractivity contribution in [3.63, 3.8) is 0 Å². The molecule has 2 nitrogen and oxygen atoms in total. The van der Waals surface area contributed by atoms with Crippen molar-refractivity contribution in [3.05, 3.63) is 42.5 Å². The fourth-order valence-electron chi connectivity index (χ4n) is 1.82. The van der Waals surface area contributed by atoms with Gasteiger partial charge in [0, 0.05) is 0 Å². The molecule has 0 bridgehead atoms. The Kier molecular flexibility index (Phi) is 4.93. The van der Waals surface area contributed by atoms with Gasteiger partial charge in [0.05, 0.1) is 5.92 Å². The number of hydrogen-bond acceptors (Lipinski definition) is 2. The maximum Gasteiger partial charge on any atom is 0.309 e. The topological polar surface area (TPSA) is 26.3 Å². The van der Waals surface area contributed by atoms with Crippen molar-refractivity contribution in [1.29, 1.82) is 0 Å². The molecule has 0 aliphatic carbocycles. The first kappa shape index (κ1) is 15.5. The molecule has 0 spiro atoms. The summed E-state index contributed by atoms with van der Waals surface area (Å²) in [5.41, 5.74) is 1.60. The van der Waals surface area contributed by atoms with Crippen molar-refractivity contribution in [1.82, 2.24) is 0 Å². The monoisotopic (exact) mass is 260 g/mol. The zero-order valence-electron chi connectivity index (χ0n) is 12.6. The van der Waals surface area contributed by atoms with Crippen LogP contribution >= 0.6 is 0 Å². The lowest BCUT2D eigenvalue weighted by molar-refractivity contribution is -0.160. The molecule has 0 N–H and O–H groups in total. The number of carbonyl (C=O) groups is 1.